The van der Waals surface area contributed by atoms with E-state index in [-0.39, 0.29) is 6.04 Å². The summed E-state index contributed by atoms with van der Waals surface area (Å²) in [4.78, 5) is 17.4. The van der Waals surface area contributed by atoms with Gasteiger partial charge in [0.05, 0.1) is 6.54 Å². The van der Waals surface area contributed by atoms with Crippen molar-refractivity contribution in [2.24, 2.45) is 4.99 Å². The number of rotatable bonds is 6. The van der Waals surface area contributed by atoms with E-state index >= 15 is 0 Å². The lowest BCUT2D eigenvalue weighted by molar-refractivity contribution is 0.177. The molecule has 0 saturated carbocycles. The van der Waals surface area contributed by atoms with E-state index in [0.29, 0.717) is 13.2 Å². The maximum absolute atomic E-state index is 5.12. The first-order valence-electron chi connectivity index (χ1n) is 9.57. The van der Waals surface area contributed by atoms with E-state index in [1.54, 1.807) is 26.7 Å². The summed E-state index contributed by atoms with van der Waals surface area (Å²) in [6, 6.07) is 4.26. The summed E-state index contributed by atoms with van der Waals surface area (Å²) in [5.41, 5.74) is 1.07. The Morgan fingerprint density at radius 2 is 2.31 bits per heavy atom. The lowest BCUT2D eigenvalue weighted by Gasteiger charge is -2.25. The molecule has 4 heterocycles. The van der Waals surface area contributed by atoms with Crippen LogP contribution in [0.4, 0.5) is 0 Å². The molecule has 0 spiro atoms. The first-order chi connectivity index (χ1) is 14.2. The summed E-state index contributed by atoms with van der Waals surface area (Å²) >= 11 is 0. The van der Waals surface area contributed by atoms with Gasteiger partial charge in [-0.05, 0) is 18.1 Å². The highest BCUT2D eigenvalue weighted by Crippen LogP contribution is 2.13. The van der Waals surface area contributed by atoms with Gasteiger partial charge in [0.15, 0.2) is 11.8 Å². The van der Waals surface area contributed by atoms with E-state index in [4.69, 9.17) is 4.74 Å². The second-order valence-electron chi connectivity index (χ2n) is 6.86. The third kappa shape index (κ3) is 4.60. The van der Waals surface area contributed by atoms with E-state index in [0.717, 1.165) is 48.4 Å². The molecule has 0 amide bonds. The number of pyridine rings is 1. The molecule has 0 radical (unpaired) electrons. The number of ether oxygens (including phenoxy) is 1. The molecule has 0 bridgehead atoms. The van der Waals surface area contributed by atoms with Crippen LogP contribution in [0.2, 0.25) is 0 Å². The Bertz CT molecular complexity index is 947. The van der Waals surface area contributed by atoms with Crippen LogP contribution in [0.25, 0.3) is 5.82 Å². The van der Waals surface area contributed by atoms with E-state index in [1.165, 1.54) is 0 Å². The van der Waals surface area contributed by atoms with Crippen molar-refractivity contribution < 1.29 is 4.74 Å². The molecule has 0 aliphatic carbocycles. The van der Waals surface area contributed by atoms with Crippen molar-refractivity contribution >= 4 is 5.96 Å². The molecule has 1 aliphatic rings. The Labute approximate surface area is 169 Å². The highest BCUT2D eigenvalue weighted by Gasteiger charge is 2.22. The van der Waals surface area contributed by atoms with Crippen LogP contribution in [-0.2, 0) is 30.9 Å². The van der Waals surface area contributed by atoms with Crippen molar-refractivity contribution in [3.63, 3.8) is 0 Å². The number of nitrogens with one attached hydrogen (secondary N) is 2. The van der Waals surface area contributed by atoms with Crippen molar-refractivity contribution in [1.82, 2.24) is 39.9 Å². The fourth-order valence-electron chi connectivity index (χ4n) is 3.31. The lowest BCUT2D eigenvalue weighted by Crippen LogP contribution is -2.46. The summed E-state index contributed by atoms with van der Waals surface area (Å²) in [6.07, 6.45) is 9.05. The number of hydrogen-bond donors (Lipinski definition) is 2. The highest BCUT2D eigenvalue weighted by atomic mass is 16.5. The van der Waals surface area contributed by atoms with Crippen LogP contribution in [0, 0.1) is 0 Å². The number of nitrogens with zero attached hydrogens (tertiary/aromatic N) is 7. The molecule has 152 valence electrons. The quantitative estimate of drug-likeness (QED) is 0.467. The summed E-state index contributed by atoms with van der Waals surface area (Å²) in [6.45, 7) is 1.83. The molecule has 4 rings (SSSR count). The lowest BCUT2D eigenvalue weighted by atomic mass is 10.1. The van der Waals surface area contributed by atoms with Gasteiger partial charge in [0, 0.05) is 51.8 Å². The average Bonchev–Trinajstić information content (AvgIpc) is 3.41. The second-order valence-corrected chi connectivity index (χ2v) is 6.86. The maximum atomic E-state index is 5.12. The number of fused-ring (bicyclic) bond motifs is 1. The van der Waals surface area contributed by atoms with Gasteiger partial charge in [0.2, 0.25) is 0 Å². The zero-order chi connectivity index (χ0) is 20.1. The number of guanidine groups is 1. The Morgan fingerprint density at radius 3 is 3.03 bits per heavy atom. The van der Waals surface area contributed by atoms with Gasteiger partial charge in [-0.25, -0.2) is 19.6 Å². The van der Waals surface area contributed by atoms with E-state index in [1.807, 2.05) is 33.8 Å². The van der Waals surface area contributed by atoms with Crippen LogP contribution in [0.5, 0.6) is 0 Å². The van der Waals surface area contributed by atoms with Crippen molar-refractivity contribution in [3.05, 3.63) is 54.3 Å². The molecular weight excluding hydrogens is 370 g/mol. The SMILES string of the molecule is CN=C(NCc1ccc(-n2ccnc2)nc1)NC1CCc2nc(COC)nn2C1. The van der Waals surface area contributed by atoms with Crippen LogP contribution in [0.1, 0.15) is 23.6 Å². The minimum atomic E-state index is 0.243. The number of aryl methyl sites for hydroxylation is 1. The average molecular weight is 395 g/mol. The topological polar surface area (TPSA) is 107 Å². The zero-order valence-electron chi connectivity index (χ0n) is 16.6. The minimum Gasteiger partial charge on any atom is -0.377 e. The molecule has 1 unspecified atom stereocenters. The largest absolute Gasteiger partial charge is 0.377 e. The molecule has 29 heavy (non-hydrogen) atoms. The molecule has 3 aromatic heterocycles. The van der Waals surface area contributed by atoms with Gasteiger partial charge in [0.1, 0.15) is 24.6 Å². The van der Waals surface area contributed by atoms with Crippen LogP contribution in [-0.4, -0.2) is 55.5 Å². The minimum absolute atomic E-state index is 0.243. The number of aromatic nitrogens is 6. The smallest absolute Gasteiger partial charge is 0.191 e. The summed E-state index contributed by atoms with van der Waals surface area (Å²) in [5.74, 6) is 3.35. The van der Waals surface area contributed by atoms with Crippen molar-refractivity contribution in [2.45, 2.75) is 38.6 Å². The van der Waals surface area contributed by atoms with Crippen molar-refractivity contribution in [1.29, 1.82) is 0 Å². The zero-order valence-corrected chi connectivity index (χ0v) is 16.6. The molecule has 0 aromatic carbocycles. The van der Waals surface area contributed by atoms with Crippen molar-refractivity contribution in [2.75, 3.05) is 14.2 Å². The number of methoxy groups -OCH3 is 1. The normalized spacial score (nSPS) is 16.5. The fourth-order valence-corrected chi connectivity index (χ4v) is 3.31. The highest BCUT2D eigenvalue weighted by molar-refractivity contribution is 5.79. The van der Waals surface area contributed by atoms with Crippen LogP contribution in [0.15, 0.2) is 42.0 Å². The Hall–Kier alpha value is -3.27. The van der Waals surface area contributed by atoms with Gasteiger partial charge in [-0.2, -0.15) is 5.10 Å². The molecule has 2 N–H and O–H groups in total. The van der Waals surface area contributed by atoms with Crippen LogP contribution in [0.3, 0.4) is 0 Å². The molecule has 10 heteroatoms. The van der Waals surface area contributed by atoms with Gasteiger partial charge < -0.3 is 15.4 Å². The summed E-state index contributed by atoms with van der Waals surface area (Å²) in [5, 5.41) is 11.3. The number of aliphatic imine (C=N–C) groups is 1. The molecule has 1 atom stereocenters. The van der Waals surface area contributed by atoms with Gasteiger partial charge >= 0.3 is 0 Å². The summed E-state index contributed by atoms with van der Waals surface area (Å²) < 4.78 is 8.96. The molecule has 0 fully saturated rings. The van der Waals surface area contributed by atoms with Crippen molar-refractivity contribution in [3.8, 4) is 5.82 Å². The monoisotopic (exact) mass is 395 g/mol. The summed E-state index contributed by atoms with van der Waals surface area (Å²) in [7, 11) is 3.43. The predicted octanol–water partition coefficient (Wildman–Crippen LogP) is 0.685. The van der Waals surface area contributed by atoms with E-state index in [2.05, 4.69) is 35.7 Å². The van der Waals surface area contributed by atoms with Gasteiger partial charge in [-0.15, -0.1) is 0 Å². The number of imidazole rings is 1. The number of hydrogen-bond acceptors (Lipinski definition) is 6. The molecule has 1 aliphatic heterocycles. The Kier molecular flexibility index (Phi) is 5.80. The Morgan fingerprint density at radius 1 is 1.38 bits per heavy atom. The van der Waals surface area contributed by atoms with E-state index < -0.39 is 0 Å². The first kappa shape index (κ1) is 19.1. The molecule has 10 nitrogen and oxygen atoms in total. The molecular formula is C19H25N9O. The van der Waals surface area contributed by atoms with Gasteiger partial charge in [-0.1, -0.05) is 6.07 Å². The fraction of sp³-hybridized carbons (Fsp3) is 0.421. The standard InChI is InChI=1S/C19H25N9O/c1-20-19(23-10-14-3-5-17(22-9-14)27-8-7-21-13-27)24-15-4-6-18-25-16(12-29-2)26-28(18)11-15/h3,5,7-9,13,15H,4,6,10-12H2,1-2H3,(H2,20,23,24). The van der Waals surface area contributed by atoms with Crippen LogP contribution >= 0.6 is 0 Å². The molecule has 0 saturated heterocycles. The predicted molar refractivity (Wildman–Crippen MR) is 108 cm³/mol. The molecule has 3 aromatic rings. The first-order valence-corrected chi connectivity index (χ1v) is 9.57. The Balaban J connectivity index is 1.30. The van der Waals surface area contributed by atoms with Crippen LogP contribution < -0.4 is 10.6 Å². The van der Waals surface area contributed by atoms with E-state index in [9.17, 15) is 0 Å². The van der Waals surface area contributed by atoms with Gasteiger partial charge in [0.25, 0.3) is 0 Å². The third-order valence-electron chi connectivity index (χ3n) is 4.78. The maximum Gasteiger partial charge on any atom is 0.191 e. The van der Waals surface area contributed by atoms with Gasteiger partial charge in [-0.3, -0.25) is 9.56 Å². The third-order valence-corrected chi connectivity index (χ3v) is 4.78. The second kappa shape index (κ2) is 8.82.